The fraction of sp³-hybridized carbons (Fsp3) is 0.538. The summed E-state index contributed by atoms with van der Waals surface area (Å²) in [5.74, 6) is 0. The Hall–Kier alpha value is 0.01000. The largest absolute Gasteiger partial charge is 0.325 e. The lowest BCUT2D eigenvalue weighted by Gasteiger charge is -2.10. The summed E-state index contributed by atoms with van der Waals surface area (Å²) < 4.78 is 1.24. The van der Waals surface area contributed by atoms with Gasteiger partial charge >= 0.3 is 0 Å². The number of benzene rings is 1. The highest BCUT2D eigenvalue weighted by molar-refractivity contribution is 9.10. The summed E-state index contributed by atoms with van der Waals surface area (Å²) in [6, 6.07) is 6.73. The van der Waals surface area contributed by atoms with Crippen LogP contribution in [-0.2, 0) is 6.42 Å². The molecule has 2 saturated carbocycles. The van der Waals surface area contributed by atoms with Crippen molar-refractivity contribution in [1.82, 2.24) is 0 Å². The Morgan fingerprint density at radius 2 is 2.12 bits per heavy atom. The Morgan fingerprint density at radius 3 is 2.69 bits per heavy atom. The van der Waals surface area contributed by atoms with E-state index in [0.29, 0.717) is 0 Å². The number of nitrogens with two attached hydrogens (primary N) is 1. The van der Waals surface area contributed by atoms with Crippen molar-refractivity contribution < 1.29 is 0 Å². The molecule has 0 saturated heterocycles. The van der Waals surface area contributed by atoms with Gasteiger partial charge in [0.15, 0.2) is 0 Å². The highest BCUT2D eigenvalue weighted by Gasteiger charge is 2.38. The Balaban J connectivity index is 1.73. The molecule has 2 fully saturated rings. The molecule has 0 bridgehead atoms. The maximum atomic E-state index is 6.14. The molecule has 1 nitrogen and oxygen atoms in total. The van der Waals surface area contributed by atoms with Crippen LogP contribution in [0, 0.1) is 0 Å². The Bertz CT molecular complexity index is 410. The van der Waals surface area contributed by atoms with E-state index < -0.39 is 0 Å². The van der Waals surface area contributed by atoms with Crippen LogP contribution in [0.3, 0.4) is 0 Å². The minimum absolute atomic E-state index is 0.116. The van der Waals surface area contributed by atoms with E-state index in [1.807, 2.05) is 11.8 Å². The summed E-state index contributed by atoms with van der Waals surface area (Å²) in [5, 5.41) is 0.867. The van der Waals surface area contributed by atoms with E-state index in [4.69, 9.17) is 5.73 Å². The maximum Gasteiger partial charge on any atom is 0.0314 e. The van der Waals surface area contributed by atoms with Gasteiger partial charge in [0, 0.05) is 20.2 Å². The third kappa shape index (κ3) is 2.63. The van der Waals surface area contributed by atoms with Crippen LogP contribution in [-0.4, -0.2) is 10.8 Å². The first-order valence-corrected chi connectivity index (χ1v) is 7.56. The molecule has 2 N–H and O–H groups in total. The van der Waals surface area contributed by atoms with Crippen LogP contribution >= 0.6 is 27.7 Å². The fourth-order valence-corrected chi connectivity index (χ4v) is 3.61. The molecule has 0 aromatic heterocycles. The second-order valence-electron chi connectivity index (χ2n) is 5.12. The van der Waals surface area contributed by atoms with Gasteiger partial charge in [-0.3, -0.25) is 0 Å². The van der Waals surface area contributed by atoms with Gasteiger partial charge in [0.25, 0.3) is 0 Å². The molecule has 0 aliphatic heterocycles. The van der Waals surface area contributed by atoms with Crippen LogP contribution < -0.4 is 5.73 Å². The molecule has 1 aromatic carbocycles. The van der Waals surface area contributed by atoms with Crippen LogP contribution in [0.15, 0.2) is 27.6 Å². The second-order valence-corrected chi connectivity index (χ2v) is 7.32. The minimum Gasteiger partial charge on any atom is -0.325 e. The maximum absolute atomic E-state index is 6.14. The van der Waals surface area contributed by atoms with Crippen LogP contribution in [0.2, 0.25) is 0 Å². The molecule has 86 valence electrons. The molecule has 1 aromatic rings. The lowest BCUT2D eigenvalue weighted by atomic mass is 10.1. The van der Waals surface area contributed by atoms with E-state index in [2.05, 4.69) is 34.1 Å². The normalized spacial score (nSPS) is 22.1. The number of halogens is 1. The molecular formula is C13H16BrNS. The standard InChI is InChI=1S/C13H16BrNS/c14-11-7-9(8-13(15)5-6-13)1-4-12(11)16-10-2-3-10/h1,4,7,10H,2-3,5-6,8,15H2. The molecule has 0 spiro atoms. The topological polar surface area (TPSA) is 26.0 Å². The third-order valence-corrected chi connectivity index (χ3v) is 5.60. The minimum atomic E-state index is 0.116. The van der Waals surface area contributed by atoms with Gasteiger partial charge in [-0.2, -0.15) is 0 Å². The van der Waals surface area contributed by atoms with Gasteiger partial charge < -0.3 is 5.73 Å². The number of hydrogen-bond acceptors (Lipinski definition) is 2. The van der Waals surface area contributed by atoms with Gasteiger partial charge in [-0.1, -0.05) is 6.07 Å². The quantitative estimate of drug-likeness (QED) is 0.916. The molecule has 3 rings (SSSR count). The smallest absolute Gasteiger partial charge is 0.0314 e. The zero-order chi connectivity index (χ0) is 11.2. The van der Waals surface area contributed by atoms with Crippen LogP contribution in [0.1, 0.15) is 31.2 Å². The molecule has 0 unspecified atom stereocenters. The molecule has 2 aliphatic carbocycles. The Labute approximate surface area is 109 Å². The van der Waals surface area contributed by atoms with E-state index in [0.717, 1.165) is 11.7 Å². The van der Waals surface area contributed by atoms with Gasteiger partial charge in [-0.15, -0.1) is 11.8 Å². The zero-order valence-electron chi connectivity index (χ0n) is 9.21. The van der Waals surface area contributed by atoms with E-state index in [1.54, 1.807) is 0 Å². The first-order valence-electron chi connectivity index (χ1n) is 5.89. The van der Waals surface area contributed by atoms with Crippen molar-refractivity contribution in [3.05, 3.63) is 28.2 Å². The van der Waals surface area contributed by atoms with Crippen LogP contribution in [0.4, 0.5) is 0 Å². The summed E-state index contributed by atoms with van der Waals surface area (Å²) in [6.07, 6.45) is 6.15. The predicted molar refractivity (Wildman–Crippen MR) is 72.9 cm³/mol. The van der Waals surface area contributed by atoms with E-state index in [9.17, 15) is 0 Å². The summed E-state index contributed by atoms with van der Waals surface area (Å²) >= 11 is 5.67. The molecule has 0 amide bonds. The van der Waals surface area contributed by atoms with Crippen LogP contribution in [0.5, 0.6) is 0 Å². The summed E-state index contributed by atoms with van der Waals surface area (Å²) in [5.41, 5.74) is 7.62. The van der Waals surface area contributed by atoms with Crippen molar-refractivity contribution in [3.63, 3.8) is 0 Å². The highest BCUT2D eigenvalue weighted by Crippen LogP contribution is 2.43. The number of rotatable bonds is 4. The fourth-order valence-electron chi connectivity index (χ4n) is 1.86. The van der Waals surface area contributed by atoms with Gasteiger partial charge in [0.1, 0.15) is 0 Å². The Kier molecular flexibility index (Phi) is 2.81. The molecule has 3 heteroatoms. The average molecular weight is 298 g/mol. The average Bonchev–Trinajstić information content (AvgIpc) is 3.11. The Morgan fingerprint density at radius 1 is 1.38 bits per heavy atom. The monoisotopic (exact) mass is 297 g/mol. The number of thioether (sulfide) groups is 1. The molecular weight excluding hydrogens is 282 g/mol. The molecule has 2 aliphatic rings. The number of hydrogen-bond donors (Lipinski definition) is 1. The van der Waals surface area contributed by atoms with Gasteiger partial charge in [-0.25, -0.2) is 0 Å². The SMILES string of the molecule is NC1(Cc2ccc(SC3CC3)c(Br)c2)CC1. The molecule has 0 heterocycles. The summed E-state index contributed by atoms with van der Waals surface area (Å²) in [6.45, 7) is 0. The van der Waals surface area contributed by atoms with Gasteiger partial charge in [-0.05, 0) is 65.7 Å². The molecule has 0 atom stereocenters. The van der Waals surface area contributed by atoms with Crippen molar-refractivity contribution in [2.45, 2.75) is 47.8 Å². The van der Waals surface area contributed by atoms with Crippen molar-refractivity contribution in [1.29, 1.82) is 0 Å². The highest BCUT2D eigenvalue weighted by atomic mass is 79.9. The third-order valence-electron chi connectivity index (χ3n) is 3.26. The zero-order valence-corrected chi connectivity index (χ0v) is 11.6. The van der Waals surface area contributed by atoms with Crippen molar-refractivity contribution >= 4 is 27.7 Å². The second kappa shape index (κ2) is 4.04. The summed E-state index contributed by atoms with van der Waals surface area (Å²) in [7, 11) is 0. The van der Waals surface area contributed by atoms with Gasteiger partial charge in [0.05, 0.1) is 0 Å². The molecule has 16 heavy (non-hydrogen) atoms. The van der Waals surface area contributed by atoms with Crippen molar-refractivity contribution in [2.24, 2.45) is 5.73 Å². The molecule has 0 radical (unpaired) electrons. The first-order chi connectivity index (χ1) is 7.65. The van der Waals surface area contributed by atoms with E-state index in [1.165, 1.54) is 40.6 Å². The van der Waals surface area contributed by atoms with E-state index in [-0.39, 0.29) is 5.54 Å². The lowest BCUT2D eigenvalue weighted by molar-refractivity contribution is 0.671. The van der Waals surface area contributed by atoms with Crippen molar-refractivity contribution in [2.75, 3.05) is 0 Å². The van der Waals surface area contributed by atoms with Crippen molar-refractivity contribution in [3.8, 4) is 0 Å². The van der Waals surface area contributed by atoms with E-state index >= 15 is 0 Å². The van der Waals surface area contributed by atoms with Gasteiger partial charge in [0.2, 0.25) is 0 Å². The van der Waals surface area contributed by atoms with Crippen LogP contribution in [0.25, 0.3) is 0 Å². The summed E-state index contributed by atoms with van der Waals surface area (Å²) in [4.78, 5) is 1.38. The lowest BCUT2D eigenvalue weighted by Crippen LogP contribution is -2.24. The predicted octanol–water partition coefficient (Wildman–Crippen LogP) is 3.74. The first kappa shape index (κ1) is 11.1.